The number of amides is 2. The first kappa shape index (κ1) is 28.5. The van der Waals surface area contributed by atoms with E-state index < -0.39 is 41.3 Å². The fourth-order valence-electron chi connectivity index (χ4n) is 4.41. The molecule has 208 valence electrons. The van der Waals surface area contributed by atoms with Crippen LogP contribution in [0.5, 0.6) is 0 Å². The molecule has 4 rings (SSSR count). The Kier molecular flexibility index (Phi) is 8.67. The molecule has 40 heavy (non-hydrogen) atoms. The van der Waals surface area contributed by atoms with Crippen molar-refractivity contribution < 1.29 is 31.6 Å². The zero-order valence-corrected chi connectivity index (χ0v) is 21.8. The molecule has 2 heterocycles. The number of hydrogen-bond donors (Lipinski definition) is 1. The van der Waals surface area contributed by atoms with Crippen LogP contribution < -0.4 is 10.2 Å². The summed E-state index contributed by atoms with van der Waals surface area (Å²) < 4.78 is 60.3. The number of alkyl halides is 3. The topological polar surface area (TPSA) is 75.4 Å². The van der Waals surface area contributed by atoms with Gasteiger partial charge < -0.3 is 9.73 Å². The normalized spacial score (nSPS) is 12.3. The van der Waals surface area contributed by atoms with Gasteiger partial charge in [-0.3, -0.25) is 19.5 Å². The van der Waals surface area contributed by atoms with E-state index in [1.165, 1.54) is 55.1 Å². The van der Waals surface area contributed by atoms with E-state index in [-0.39, 0.29) is 23.6 Å². The number of aromatic nitrogens is 1. The van der Waals surface area contributed by atoms with Crippen molar-refractivity contribution in [2.24, 2.45) is 0 Å². The Hall–Kier alpha value is -4.47. The molecular formula is C30H27F4N3O3. The zero-order valence-electron chi connectivity index (χ0n) is 21.8. The maximum Gasteiger partial charge on any atom is 0.416 e. The molecule has 0 radical (unpaired) electrons. The van der Waals surface area contributed by atoms with E-state index in [1.54, 1.807) is 38.1 Å². The summed E-state index contributed by atoms with van der Waals surface area (Å²) in [6.07, 6.45) is -0.100. The summed E-state index contributed by atoms with van der Waals surface area (Å²) in [5.74, 6) is -2.37. The summed E-state index contributed by atoms with van der Waals surface area (Å²) in [4.78, 5) is 32.7. The smallest absolute Gasteiger partial charge is 0.416 e. The number of nitrogens with one attached hydrogen (secondary N) is 1. The molecular weight excluding hydrogens is 526 g/mol. The van der Waals surface area contributed by atoms with Gasteiger partial charge in [-0.15, -0.1) is 0 Å². The van der Waals surface area contributed by atoms with Gasteiger partial charge in [-0.05, 0) is 72.0 Å². The molecule has 1 unspecified atom stereocenters. The van der Waals surface area contributed by atoms with Crippen LogP contribution in [-0.2, 0) is 17.4 Å². The van der Waals surface area contributed by atoms with Gasteiger partial charge in [-0.2, -0.15) is 13.2 Å². The highest BCUT2D eigenvalue weighted by Gasteiger charge is 2.38. The van der Waals surface area contributed by atoms with Crippen LogP contribution in [0, 0.1) is 5.82 Å². The van der Waals surface area contributed by atoms with Crippen LogP contribution in [0.2, 0.25) is 0 Å². The number of carbonyl (C=O) groups excluding carboxylic acids is 2. The average Bonchev–Trinajstić information content (AvgIpc) is 3.46. The first-order valence-electron chi connectivity index (χ1n) is 12.6. The summed E-state index contributed by atoms with van der Waals surface area (Å²) >= 11 is 0. The summed E-state index contributed by atoms with van der Waals surface area (Å²) in [5, 5.41) is 2.78. The van der Waals surface area contributed by atoms with Gasteiger partial charge >= 0.3 is 6.18 Å². The van der Waals surface area contributed by atoms with Crippen molar-refractivity contribution in [3.63, 3.8) is 0 Å². The van der Waals surface area contributed by atoms with Gasteiger partial charge in [0, 0.05) is 30.2 Å². The number of halogens is 4. The maximum atomic E-state index is 13.8. The molecule has 0 saturated carbocycles. The Bertz CT molecular complexity index is 1450. The lowest BCUT2D eigenvalue weighted by molar-refractivity contribution is -0.138. The number of benzene rings is 2. The van der Waals surface area contributed by atoms with Gasteiger partial charge in [-0.1, -0.05) is 32.0 Å². The minimum Gasteiger partial charge on any atom is -0.459 e. The Morgan fingerprint density at radius 3 is 2.45 bits per heavy atom. The number of nitrogens with zero attached hydrogens (tertiary/aromatic N) is 2. The SMILES string of the molecule is CC(C)c1cc(N(C(=O)c2ccco2)C(C(=O)NCCc2cccc(F)c2)c2cccnc2)ccc1C(F)(F)F. The number of carbonyl (C=O) groups is 2. The molecule has 1 atom stereocenters. The fraction of sp³-hybridized carbons (Fsp3) is 0.233. The van der Waals surface area contributed by atoms with Crippen LogP contribution in [0.1, 0.15) is 58.6 Å². The Morgan fingerprint density at radius 1 is 1.02 bits per heavy atom. The van der Waals surface area contributed by atoms with Crippen LogP contribution in [0.4, 0.5) is 23.2 Å². The van der Waals surface area contributed by atoms with Crippen molar-refractivity contribution >= 4 is 17.5 Å². The standard InChI is InChI=1S/C30H27F4N3O3/c1-19(2)24-17-23(10-11-25(24)30(32,33)34)37(29(39)26-9-5-15-40-26)27(21-7-4-13-35-18-21)28(38)36-14-12-20-6-3-8-22(31)16-20/h3-11,13,15-19,27H,12,14H2,1-2H3,(H,36,38). The van der Waals surface area contributed by atoms with Gasteiger partial charge in [-0.25, -0.2) is 4.39 Å². The van der Waals surface area contributed by atoms with E-state index in [4.69, 9.17) is 4.42 Å². The Morgan fingerprint density at radius 2 is 1.82 bits per heavy atom. The summed E-state index contributed by atoms with van der Waals surface area (Å²) in [6.45, 7) is 3.35. The first-order chi connectivity index (χ1) is 19.1. The van der Waals surface area contributed by atoms with Crippen molar-refractivity contribution in [1.82, 2.24) is 10.3 Å². The van der Waals surface area contributed by atoms with Gasteiger partial charge in [0.25, 0.3) is 5.91 Å². The molecule has 0 aliphatic rings. The van der Waals surface area contributed by atoms with E-state index in [0.29, 0.717) is 17.5 Å². The maximum absolute atomic E-state index is 13.8. The summed E-state index contributed by atoms with van der Waals surface area (Å²) in [5.41, 5.74) is 0.211. The number of pyridine rings is 1. The van der Waals surface area contributed by atoms with Crippen molar-refractivity contribution in [1.29, 1.82) is 0 Å². The molecule has 0 bridgehead atoms. The van der Waals surface area contributed by atoms with E-state index in [0.717, 1.165) is 11.0 Å². The molecule has 4 aromatic rings. The third kappa shape index (κ3) is 6.56. The molecule has 0 saturated heterocycles. The fourth-order valence-corrected chi connectivity index (χ4v) is 4.41. The molecule has 6 nitrogen and oxygen atoms in total. The first-order valence-corrected chi connectivity index (χ1v) is 12.6. The van der Waals surface area contributed by atoms with Crippen molar-refractivity contribution in [2.45, 2.75) is 38.4 Å². The van der Waals surface area contributed by atoms with E-state index in [1.807, 2.05) is 0 Å². The van der Waals surface area contributed by atoms with Crippen molar-refractivity contribution in [3.8, 4) is 0 Å². The second kappa shape index (κ2) is 12.1. The second-order valence-electron chi connectivity index (χ2n) is 9.44. The Balaban J connectivity index is 1.78. The molecule has 2 amide bonds. The molecule has 0 aliphatic carbocycles. The number of rotatable bonds is 9. The predicted molar refractivity (Wildman–Crippen MR) is 141 cm³/mol. The molecule has 1 N–H and O–H groups in total. The lowest BCUT2D eigenvalue weighted by atomic mass is 9.95. The molecule has 0 fully saturated rings. The van der Waals surface area contributed by atoms with Gasteiger partial charge in [0.1, 0.15) is 11.9 Å². The van der Waals surface area contributed by atoms with Crippen LogP contribution >= 0.6 is 0 Å². The number of anilines is 1. The monoisotopic (exact) mass is 553 g/mol. The summed E-state index contributed by atoms with van der Waals surface area (Å²) in [6, 6.07) is 14.1. The minimum absolute atomic E-state index is 0.0290. The van der Waals surface area contributed by atoms with Gasteiger partial charge in [0.05, 0.1) is 11.8 Å². The lowest BCUT2D eigenvalue weighted by Gasteiger charge is -2.31. The highest BCUT2D eigenvalue weighted by Crippen LogP contribution is 2.39. The highest BCUT2D eigenvalue weighted by atomic mass is 19.4. The molecule has 2 aromatic carbocycles. The summed E-state index contributed by atoms with van der Waals surface area (Å²) in [7, 11) is 0. The Labute approximate surface area is 228 Å². The minimum atomic E-state index is -4.61. The molecule has 0 aliphatic heterocycles. The van der Waals surface area contributed by atoms with E-state index in [2.05, 4.69) is 10.3 Å². The second-order valence-corrected chi connectivity index (χ2v) is 9.44. The quantitative estimate of drug-likeness (QED) is 0.234. The molecule has 2 aromatic heterocycles. The van der Waals surface area contributed by atoms with Gasteiger partial charge in [0.2, 0.25) is 5.91 Å². The lowest BCUT2D eigenvalue weighted by Crippen LogP contribution is -2.44. The highest BCUT2D eigenvalue weighted by molar-refractivity contribution is 6.08. The van der Waals surface area contributed by atoms with Crippen LogP contribution in [0.25, 0.3) is 0 Å². The van der Waals surface area contributed by atoms with E-state index >= 15 is 0 Å². The third-order valence-corrected chi connectivity index (χ3v) is 6.30. The van der Waals surface area contributed by atoms with Crippen LogP contribution in [0.15, 0.2) is 89.8 Å². The van der Waals surface area contributed by atoms with Crippen LogP contribution in [0.3, 0.4) is 0 Å². The largest absolute Gasteiger partial charge is 0.459 e. The van der Waals surface area contributed by atoms with Gasteiger partial charge in [0.15, 0.2) is 5.76 Å². The van der Waals surface area contributed by atoms with E-state index in [9.17, 15) is 27.2 Å². The van der Waals surface area contributed by atoms with Crippen molar-refractivity contribution in [2.75, 3.05) is 11.4 Å². The molecule has 0 spiro atoms. The number of hydrogen-bond acceptors (Lipinski definition) is 4. The predicted octanol–water partition coefficient (Wildman–Crippen LogP) is 6.70. The average molecular weight is 554 g/mol. The third-order valence-electron chi connectivity index (χ3n) is 6.30. The number of furan rings is 1. The zero-order chi connectivity index (χ0) is 28.9. The molecule has 10 heteroatoms. The van der Waals surface area contributed by atoms with Crippen LogP contribution in [-0.4, -0.2) is 23.3 Å². The van der Waals surface area contributed by atoms with Crippen molar-refractivity contribution in [3.05, 3.63) is 119 Å².